The van der Waals surface area contributed by atoms with E-state index in [1.807, 2.05) is 0 Å². The molecular weight excluding hydrogens is 309 g/mol. The highest BCUT2D eigenvalue weighted by atomic mass is 35.7. The predicted octanol–water partition coefficient (Wildman–Crippen LogP) is 2.00. The summed E-state index contributed by atoms with van der Waals surface area (Å²) in [4.78, 5) is 12.4. The van der Waals surface area contributed by atoms with Crippen LogP contribution in [0.15, 0.2) is 23.1 Å². The lowest BCUT2D eigenvalue weighted by Crippen LogP contribution is -2.21. The minimum absolute atomic E-state index is 0.0290. The molecule has 0 N–H and O–H groups in total. The van der Waals surface area contributed by atoms with E-state index in [9.17, 15) is 17.6 Å². The summed E-state index contributed by atoms with van der Waals surface area (Å²) >= 11 is 0. The monoisotopic (exact) mass is 323 g/mol. The van der Waals surface area contributed by atoms with E-state index in [2.05, 4.69) is 0 Å². The van der Waals surface area contributed by atoms with Gasteiger partial charge in [0, 0.05) is 31.2 Å². The predicted molar refractivity (Wildman–Crippen MR) is 72.9 cm³/mol. The number of carbonyl (C=O) groups excluding carboxylic acids is 1. The SMILES string of the molecule is CN(C)C(=O)CCCOc1ccc(F)cc1S(=O)(=O)Cl. The largest absolute Gasteiger partial charge is 0.492 e. The van der Waals surface area contributed by atoms with Crippen LogP contribution >= 0.6 is 10.7 Å². The van der Waals surface area contributed by atoms with E-state index < -0.39 is 19.8 Å². The van der Waals surface area contributed by atoms with E-state index in [0.29, 0.717) is 6.42 Å². The second-order valence-corrected chi connectivity index (χ2v) is 6.80. The Morgan fingerprint density at radius 2 is 2.05 bits per heavy atom. The number of hydrogen-bond acceptors (Lipinski definition) is 4. The number of carbonyl (C=O) groups is 1. The average Bonchev–Trinajstić information content (AvgIpc) is 2.34. The van der Waals surface area contributed by atoms with Gasteiger partial charge in [-0.05, 0) is 24.6 Å². The number of halogens is 2. The maximum absolute atomic E-state index is 13.0. The molecule has 0 aliphatic heterocycles. The first-order valence-corrected chi connectivity index (χ1v) is 8.10. The van der Waals surface area contributed by atoms with Crippen molar-refractivity contribution >= 4 is 25.6 Å². The van der Waals surface area contributed by atoms with Gasteiger partial charge in [0.2, 0.25) is 5.91 Å². The van der Waals surface area contributed by atoms with Crippen LogP contribution in [0.25, 0.3) is 0 Å². The van der Waals surface area contributed by atoms with E-state index in [1.54, 1.807) is 14.1 Å². The van der Waals surface area contributed by atoms with Crippen molar-refractivity contribution in [2.75, 3.05) is 20.7 Å². The number of benzene rings is 1. The quantitative estimate of drug-likeness (QED) is 0.593. The van der Waals surface area contributed by atoms with Crippen molar-refractivity contribution in [3.8, 4) is 5.75 Å². The van der Waals surface area contributed by atoms with Crippen LogP contribution in [-0.4, -0.2) is 39.9 Å². The van der Waals surface area contributed by atoms with Gasteiger partial charge < -0.3 is 9.64 Å². The summed E-state index contributed by atoms with van der Waals surface area (Å²) in [6.45, 7) is 0.130. The van der Waals surface area contributed by atoms with Crippen molar-refractivity contribution in [1.29, 1.82) is 0 Å². The van der Waals surface area contributed by atoms with E-state index in [1.165, 1.54) is 11.0 Å². The highest BCUT2D eigenvalue weighted by Crippen LogP contribution is 2.27. The number of ether oxygens (including phenoxy) is 1. The lowest BCUT2D eigenvalue weighted by Gasteiger charge is -2.11. The molecule has 0 unspecified atom stereocenters. The van der Waals surface area contributed by atoms with Gasteiger partial charge in [-0.15, -0.1) is 0 Å². The highest BCUT2D eigenvalue weighted by molar-refractivity contribution is 8.13. The molecule has 0 saturated heterocycles. The summed E-state index contributed by atoms with van der Waals surface area (Å²) in [5.41, 5.74) is 0. The van der Waals surface area contributed by atoms with Gasteiger partial charge in [0.05, 0.1) is 6.61 Å². The van der Waals surface area contributed by atoms with Crippen molar-refractivity contribution in [3.05, 3.63) is 24.0 Å². The first-order chi connectivity index (χ1) is 9.21. The molecular formula is C12H15ClFNO4S. The fourth-order valence-electron chi connectivity index (χ4n) is 1.42. The molecule has 0 heterocycles. The van der Waals surface area contributed by atoms with E-state index in [4.69, 9.17) is 15.4 Å². The Morgan fingerprint density at radius 3 is 2.60 bits per heavy atom. The van der Waals surface area contributed by atoms with Crippen LogP contribution in [0.4, 0.5) is 4.39 Å². The fraction of sp³-hybridized carbons (Fsp3) is 0.417. The first-order valence-electron chi connectivity index (χ1n) is 5.79. The number of nitrogens with zero attached hydrogens (tertiary/aromatic N) is 1. The van der Waals surface area contributed by atoms with Crippen molar-refractivity contribution in [3.63, 3.8) is 0 Å². The zero-order chi connectivity index (χ0) is 15.3. The van der Waals surface area contributed by atoms with Crippen LogP contribution in [0.5, 0.6) is 5.75 Å². The van der Waals surface area contributed by atoms with Crippen LogP contribution in [-0.2, 0) is 13.8 Å². The normalized spacial score (nSPS) is 11.2. The fourth-order valence-corrected chi connectivity index (χ4v) is 2.40. The smallest absolute Gasteiger partial charge is 0.265 e. The van der Waals surface area contributed by atoms with E-state index in [-0.39, 0.29) is 24.7 Å². The zero-order valence-corrected chi connectivity index (χ0v) is 12.7. The molecule has 0 fully saturated rings. The Balaban J connectivity index is 2.67. The van der Waals surface area contributed by atoms with Gasteiger partial charge in [0.25, 0.3) is 9.05 Å². The van der Waals surface area contributed by atoms with Crippen molar-refractivity contribution in [2.24, 2.45) is 0 Å². The Kier molecular flexibility index (Phi) is 5.76. The minimum atomic E-state index is -4.09. The molecule has 20 heavy (non-hydrogen) atoms. The third kappa shape index (κ3) is 4.97. The standard InChI is InChI=1S/C12H15ClFNO4S/c1-15(2)12(16)4-3-7-19-10-6-5-9(14)8-11(10)20(13,17)18/h5-6,8H,3-4,7H2,1-2H3. The lowest BCUT2D eigenvalue weighted by atomic mass is 10.3. The van der Waals surface area contributed by atoms with Crippen LogP contribution in [0.2, 0.25) is 0 Å². The molecule has 1 aromatic rings. The molecule has 8 heteroatoms. The number of rotatable bonds is 6. The molecule has 1 rings (SSSR count). The molecule has 0 aromatic heterocycles. The van der Waals surface area contributed by atoms with Crippen molar-refractivity contribution in [1.82, 2.24) is 4.90 Å². The third-order valence-corrected chi connectivity index (χ3v) is 3.80. The second-order valence-electron chi connectivity index (χ2n) is 4.27. The Morgan fingerprint density at radius 1 is 1.40 bits per heavy atom. The molecule has 1 aromatic carbocycles. The van der Waals surface area contributed by atoms with Gasteiger partial charge in [-0.1, -0.05) is 0 Å². The summed E-state index contributed by atoms with van der Waals surface area (Å²) in [6, 6.07) is 3.06. The maximum atomic E-state index is 13.0. The van der Waals surface area contributed by atoms with Crippen molar-refractivity contribution in [2.45, 2.75) is 17.7 Å². The molecule has 0 aliphatic carbocycles. The lowest BCUT2D eigenvalue weighted by molar-refractivity contribution is -0.128. The van der Waals surface area contributed by atoms with Gasteiger partial charge in [0.1, 0.15) is 16.5 Å². The molecule has 5 nitrogen and oxygen atoms in total. The second kappa shape index (κ2) is 6.90. The molecule has 0 radical (unpaired) electrons. The molecule has 0 saturated carbocycles. The van der Waals surface area contributed by atoms with Gasteiger partial charge in [-0.25, -0.2) is 12.8 Å². The summed E-state index contributed by atoms with van der Waals surface area (Å²) in [7, 11) is 4.39. The Hall–Kier alpha value is -1.34. The molecule has 0 atom stereocenters. The van der Waals surface area contributed by atoms with Gasteiger partial charge in [-0.2, -0.15) is 0 Å². The van der Waals surface area contributed by atoms with E-state index >= 15 is 0 Å². The maximum Gasteiger partial charge on any atom is 0.265 e. The molecule has 0 spiro atoms. The topological polar surface area (TPSA) is 63.7 Å². The molecule has 0 aliphatic rings. The van der Waals surface area contributed by atoms with Crippen LogP contribution < -0.4 is 4.74 Å². The van der Waals surface area contributed by atoms with Crippen molar-refractivity contribution < 1.29 is 22.3 Å². The molecule has 0 bridgehead atoms. The summed E-state index contributed by atoms with van der Waals surface area (Å²) in [5, 5.41) is 0. The Labute approximate surface area is 121 Å². The number of hydrogen-bond donors (Lipinski definition) is 0. The van der Waals surface area contributed by atoms with E-state index in [0.717, 1.165) is 12.1 Å². The van der Waals surface area contributed by atoms with Gasteiger partial charge >= 0.3 is 0 Å². The Bertz CT molecular complexity index is 589. The first kappa shape index (κ1) is 16.7. The van der Waals surface area contributed by atoms with Crippen LogP contribution in [0.3, 0.4) is 0 Å². The average molecular weight is 324 g/mol. The molecule has 112 valence electrons. The summed E-state index contributed by atoms with van der Waals surface area (Å²) < 4.78 is 40.9. The van der Waals surface area contributed by atoms with Gasteiger partial charge in [0.15, 0.2) is 0 Å². The minimum Gasteiger partial charge on any atom is -0.492 e. The van der Waals surface area contributed by atoms with Crippen LogP contribution in [0.1, 0.15) is 12.8 Å². The van der Waals surface area contributed by atoms with Crippen LogP contribution in [0, 0.1) is 5.82 Å². The zero-order valence-electron chi connectivity index (χ0n) is 11.1. The molecule has 1 amide bonds. The number of amides is 1. The highest BCUT2D eigenvalue weighted by Gasteiger charge is 2.18. The summed E-state index contributed by atoms with van der Waals surface area (Å²) in [5.74, 6) is -0.809. The van der Waals surface area contributed by atoms with Gasteiger partial charge in [-0.3, -0.25) is 4.79 Å². The summed E-state index contributed by atoms with van der Waals surface area (Å²) in [6.07, 6.45) is 0.688. The third-order valence-electron chi connectivity index (χ3n) is 2.46.